The minimum absolute atomic E-state index is 0.0688. The molecule has 1 aromatic carbocycles. The van der Waals surface area contributed by atoms with Gasteiger partial charge in [-0.3, -0.25) is 10.1 Å². The van der Waals surface area contributed by atoms with Crippen molar-refractivity contribution in [2.24, 2.45) is 0 Å². The van der Waals surface area contributed by atoms with Gasteiger partial charge in [0.15, 0.2) is 0 Å². The van der Waals surface area contributed by atoms with E-state index in [1.165, 1.54) is 0 Å². The van der Waals surface area contributed by atoms with Crippen LogP contribution in [0.3, 0.4) is 0 Å². The van der Waals surface area contributed by atoms with Crippen LogP contribution in [-0.2, 0) is 11.3 Å². The first-order valence-corrected chi connectivity index (χ1v) is 3.55. The molecule has 5 heteroatoms. The quantitative estimate of drug-likeness (QED) is 0.513. The highest BCUT2D eigenvalue weighted by Gasteiger charge is 2.16. The van der Waals surface area contributed by atoms with E-state index in [1.807, 2.05) is 0 Å². The monoisotopic (exact) mass is 181 g/mol. The lowest BCUT2D eigenvalue weighted by molar-refractivity contribution is -0.397. The van der Waals surface area contributed by atoms with Crippen LogP contribution in [0.2, 0.25) is 0 Å². The molecule has 0 aliphatic heterocycles. The standard InChI is InChI=1S/C8H7NO4/c10-8(9(11)12)13-6-7-4-2-1-3-5-7/h1-5H,6H2. The van der Waals surface area contributed by atoms with Crippen LogP contribution in [-0.4, -0.2) is 11.0 Å². The van der Waals surface area contributed by atoms with Crippen LogP contribution in [0.5, 0.6) is 0 Å². The molecule has 13 heavy (non-hydrogen) atoms. The van der Waals surface area contributed by atoms with E-state index in [0.29, 0.717) is 0 Å². The Labute approximate surface area is 74.1 Å². The van der Waals surface area contributed by atoms with Crippen molar-refractivity contribution in [2.45, 2.75) is 6.61 Å². The van der Waals surface area contributed by atoms with Crippen molar-refractivity contribution in [3.05, 3.63) is 46.0 Å². The van der Waals surface area contributed by atoms with E-state index in [9.17, 15) is 14.9 Å². The maximum atomic E-state index is 10.4. The van der Waals surface area contributed by atoms with Crippen LogP contribution < -0.4 is 0 Å². The van der Waals surface area contributed by atoms with Crippen molar-refractivity contribution in [2.75, 3.05) is 0 Å². The van der Waals surface area contributed by atoms with Crippen molar-refractivity contribution >= 4 is 6.09 Å². The molecule has 0 saturated heterocycles. The number of amides is 1. The zero-order valence-electron chi connectivity index (χ0n) is 6.67. The highest BCUT2D eigenvalue weighted by molar-refractivity contribution is 5.57. The largest absolute Gasteiger partial charge is 0.657 e. The molecule has 0 bridgehead atoms. The fraction of sp³-hybridized carbons (Fsp3) is 0.125. The number of rotatable bonds is 2. The van der Waals surface area contributed by atoms with Crippen molar-refractivity contribution in [1.82, 2.24) is 0 Å². The Bertz CT molecular complexity index is 309. The number of nitro groups is 1. The van der Waals surface area contributed by atoms with E-state index >= 15 is 0 Å². The number of ether oxygens (including phenoxy) is 1. The molecule has 0 spiro atoms. The van der Waals surface area contributed by atoms with E-state index < -0.39 is 11.0 Å². The van der Waals surface area contributed by atoms with Gasteiger partial charge in [-0.2, -0.15) is 4.79 Å². The van der Waals surface area contributed by atoms with Gasteiger partial charge in [-0.05, 0) is 5.56 Å². The maximum absolute atomic E-state index is 10.4. The van der Waals surface area contributed by atoms with Crippen molar-refractivity contribution < 1.29 is 14.5 Å². The molecule has 1 amide bonds. The molecule has 0 fully saturated rings. The molecular weight excluding hydrogens is 174 g/mol. The van der Waals surface area contributed by atoms with Crippen molar-refractivity contribution in [3.8, 4) is 0 Å². The molecule has 0 unspecified atom stereocenters. The maximum Gasteiger partial charge on any atom is 0.657 e. The summed E-state index contributed by atoms with van der Waals surface area (Å²) in [6, 6.07) is 8.75. The number of carbonyl (C=O) groups excluding carboxylic acids is 1. The van der Waals surface area contributed by atoms with Crippen LogP contribution >= 0.6 is 0 Å². The third-order valence-corrected chi connectivity index (χ3v) is 1.35. The second-order valence-corrected chi connectivity index (χ2v) is 2.30. The van der Waals surface area contributed by atoms with Gasteiger partial charge >= 0.3 is 6.09 Å². The topological polar surface area (TPSA) is 69.4 Å². The fourth-order valence-corrected chi connectivity index (χ4v) is 0.772. The molecule has 0 heterocycles. The molecule has 0 aromatic heterocycles. The third kappa shape index (κ3) is 2.90. The average molecular weight is 181 g/mol. The Morgan fingerprint density at radius 2 is 2.00 bits per heavy atom. The predicted molar refractivity (Wildman–Crippen MR) is 43.6 cm³/mol. The van der Waals surface area contributed by atoms with Gasteiger partial charge in [-0.1, -0.05) is 30.3 Å². The summed E-state index contributed by atoms with van der Waals surface area (Å²) in [5, 5.41) is 9.85. The molecule has 0 aliphatic carbocycles. The smallest absolute Gasteiger partial charge is 0.403 e. The number of hydrogen-bond donors (Lipinski definition) is 0. The van der Waals surface area contributed by atoms with Gasteiger partial charge in [0.2, 0.25) is 0 Å². The lowest BCUT2D eigenvalue weighted by Crippen LogP contribution is -2.12. The number of benzene rings is 1. The Morgan fingerprint density at radius 1 is 1.38 bits per heavy atom. The van der Waals surface area contributed by atoms with Gasteiger partial charge in [0.25, 0.3) is 0 Å². The lowest BCUT2D eigenvalue weighted by Gasteiger charge is -1.97. The number of nitrogens with zero attached hydrogens (tertiary/aromatic N) is 1. The van der Waals surface area contributed by atoms with Crippen LogP contribution in [0.25, 0.3) is 0 Å². The van der Waals surface area contributed by atoms with E-state index in [0.717, 1.165) is 5.56 Å². The Morgan fingerprint density at radius 3 is 2.54 bits per heavy atom. The highest BCUT2D eigenvalue weighted by atomic mass is 16.7. The van der Waals surface area contributed by atoms with Crippen molar-refractivity contribution in [1.29, 1.82) is 0 Å². The molecule has 0 atom stereocenters. The molecule has 0 N–H and O–H groups in total. The van der Waals surface area contributed by atoms with Crippen LogP contribution in [0.1, 0.15) is 5.56 Å². The van der Waals surface area contributed by atoms with E-state index in [4.69, 9.17) is 0 Å². The van der Waals surface area contributed by atoms with Gasteiger partial charge in [0.05, 0.1) is 0 Å². The molecule has 0 saturated carbocycles. The highest BCUT2D eigenvalue weighted by Crippen LogP contribution is 2.00. The normalized spacial score (nSPS) is 9.23. The van der Waals surface area contributed by atoms with E-state index in [-0.39, 0.29) is 6.61 Å². The Kier molecular flexibility index (Phi) is 2.97. The van der Waals surface area contributed by atoms with Gasteiger partial charge in [-0.25, -0.2) is 0 Å². The minimum Gasteiger partial charge on any atom is -0.403 e. The zero-order chi connectivity index (χ0) is 9.68. The second kappa shape index (κ2) is 4.20. The van der Waals surface area contributed by atoms with Crippen LogP contribution in [0.4, 0.5) is 4.79 Å². The van der Waals surface area contributed by atoms with Gasteiger partial charge in [0, 0.05) is 0 Å². The molecule has 0 aliphatic rings. The van der Waals surface area contributed by atoms with Crippen LogP contribution in [0, 0.1) is 10.1 Å². The van der Waals surface area contributed by atoms with Gasteiger partial charge in [0.1, 0.15) is 11.5 Å². The summed E-state index contributed by atoms with van der Waals surface area (Å²) in [5.74, 6) is 0. The molecule has 1 aromatic rings. The summed E-state index contributed by atoms with van der Waals surface area (Å²) in [5.41, 5.74) is 0.720. The first-order chi connectivity index (χ1) is 6.20. The summed E-state index contributed by atoms with van der Waals surface area (Å²) in [6.45, 7) is -0.0688. The molecule has 1 rings (SSSR count). The molecule has 5 nitrogen and oxygen atoms in total. The minimum atomic E-state index is -1.43. The lowest BCUT2D eigenvalue weighted by atomic mass is 10.2. The first kappa shape index (κ1) is 9.18. The zero-order valence-corrected chi connectivity index (χ0v) is 6.67. The van der Waals surface area contributed by atoms with E-state index in [1.54, 1.807) is 30.3 Å². The summed E-state index contributed by atoms with van der Waals surface area (Å²) in [7, 11) is 0. The number of carbonyl (C=O) groups is 1. The summed E-state index contributed by atoms with van der Waals surface area (Å²) in [6.07, 6.45) is -1.43. The third-order valence-electron chi connectivity index (χ3n) is 1.35. The Balaban J connectivity index is 2.44. The predicted octanol–water partition coefficient (Wildman–Crippen LogP) is 1.60. The Hall–Kier alpha value is -1.91. The molecule has 0 radical (unpaired) electrons. The fourth-order valence-electron chi connectivity index (χ4n) is 0.772. The van der Waals surface area contributed by atoms with E-state index in [2.05, 4.69) is 4.74 Å². The van der Waals surface area contributed by atoms with Gasteiger partial charge in [-0.15, -0.1) is 0 Å². The SMILES string of the molecule is O=C(OCc1ccccc1)[N+](=O)[O-]. The molecule has 68 valence electrons. The van der Waals surface area contributed by atoms with Gasteiger partial charge < -0.3 is 4.74 Å². The second-order valence-electron chi connectivity index (χ2n) is 2.30. The molecular formula is C8H7NO4. The number of hydrogen-bond acceptors (Lipinski definition) is 4. The first-order valence-electron chi connectivity index (χ1n) is 3.55. The van der Waals surface area contributed by atoms with Crippen molar-refractivity contribution in [3.63, 3.8) is 0 Å². The summed E-state index contributed by atoms with van der Waals surface area (Å²) < 4.78 is 4.35. The average Bonchev–Trinajstić information content (AvgIpc) is 2.15. The summed E-state index contributed by atoms with van der Waals surface area (Å²) >= 11 is 0. The van der Waals surface area contributed by atoms with Crippen LogP contribution in [0.15, 0.2) is 30.3 Å². The summed E-state index contributed by atoms with van der Waals surface area (Å²) in [4.78, 5) is 19.2.